The second-order valence-electron chi connectivity index (χ2n) is 4.38. The Morgan fingerprint density at radius 3 is 1.84 bits per heavy atom. The van der Waals surface area contributed by atoms with E-state index >= 15 is 0 Å². The van der Waals surface area contributed by atoms with Gasteiger partial charge in [-0.3, -0.25) is 0 Å². The highest BCUT2D eigenvalue weighted by Crippen LogP contribution is 2.14. The molecule has 19 heavy (non-hydrogen) atoms. The molecule has 3 nitrogen and oxygen atoms in total. The van der Waals surface area contributed by atoms with Crippen LogP contribution in [0.3, 0.4) is 0 Å². The first-order valence-electron chi connectivity index (χ1n) is 7.12. The predicted molar refractivity (Wildman–Crippen MR) is 79.2 cm³/mol. The Morgan fingerprint density at radius 1 is 1.00 bits per heavy atom. The lowest BCUT2D eigenvalue weighted by Crippen LogP contribution is -2.25. The molecule has 0 aromatic heterocycles. The minimum atomic E-state index is -0.0000463. The van der Waals surface area contributed by atoms with Crippen LogP contribution in [0.2, 0.25) is 0 Å². The number of phenolic OH excluding ortho intramolecular Hbond substituents is 1. The summed E-state index contributed by atoms with van der Waals surface area (Å²) in [5.41, 5.74) is 0. The average Bonchev–Trinajstić information content (AvgIpc) is 2.40. The van der Waals surface area contributed by atoms with E-state index in [2.05, 4.69) is 13.8 Å². The van der Waals surface area contributed by atoms with E-state index in [9.17, 15) is 0 Å². The van der Waals surface area contributed by atoms with E-state index in [0.717, 1.165) is 13.2 Å². The number of aromatic hydroxyl groups is 1. The summed E-state index contributed by atoms with van der Waals surface area (Å²) in [5, 5.41) is 8.63. The van der Waals surface area contributed by atoms with Crippen molar-refractivity contribution < 1.29 is 14.6 Å². The van der Waals surface area contributed by atoms with Crippen LogP contribution in [0.4, 0.5) is 0 Å². The van der Waals surface area contributed by atoms with Gasteiger partial charge in [-0.15, -0.1) is 0 Å². The largest absolute Gasteiger partial charge is 0.508 e. The van der Waals surface area contributed by atoms with Gasteiger partial charge in [0, 0.05) is 19.1 Å². The summed E-state index contributed by atoms with van der Waals surface area (Å²) < 4.78 is 10.9. The number of rotatable bonds is 7. The van der Waals surface area contributed by atoms with Crippen LogP contribution in [0.15, 0.2) is 30.3 Å². The molecule has 0 aliphatic heterocycles. The van der Waals surface area contributed by atoms with Crippen molar-refractivity contribution in [1.82, 2.24) is 0 Å². The Balaban J connectivity index is 0.000000388. The normalized spacial score (nSPS) is 11.8. The van der Waals surface area contributed by atoms with Crippen LogP contribution in [0.1, 0.15) is 40.5 Å². The van der Waals surface area contributed by atoms with Gasteiger partial charge in [-0.1, -0.05) is 38.5 Å². The Morgan fingerprint density at radius 2 is 1.53 bits per heavy atom. The lowest BCUT2D eigenvalue weighted by molar-refractivity contribution is -0.164. The van der Waals surface area contributed by atoms with Gasteiger partial charge in [0.05, 0.1) is 0 Å². The van der Waals surface area contributed by atoms with E-state index in [1.807, 2.05) is 19.9 Å². The maximum Gasteiger partial charge on any atom is 0.160 e. The number of hydrogen-bond donors (Lipinski definition) is 1. The van der Waals surface area contributed by atoms with Crippen molar-refractivity contribution >= 4 is 0 Å². The van der Waals surface area contributed by atoms with Gasteiger partial charge in [0.1, 0.15) is 5.75 Å². The molecule has 1 N–H and O–H groups in total. The maximum absolute atomic E-state index is 8.63. The van der Waals surface area contributed by atoms with Crippen molar-refractivity contribution in [3.05, 3.63) is 30.3 Å². The van der Waals surface area contributed by atoms with Crippen LogP contribution in [-0.2, 0) is 9.47 Å². The third kappa shape index (κ3) is 9.51. The maximum atomic E-state index is 8.63. The fraction of sp³-hybridized carbons (Fsp3) is 0.625. The Bertz CT molecular complexity index is 281. The molecule has 0 aliphatic carbocycles. The molecule has 0 saturated heterocycles. The molecule has 0 amide bonds. The molecule has 0 radical (unpaired) electrons. The van der Waals surface area contributed by atoms with Crippen molar-refractivity contribution in [2.24, 2.45) is 5.92 Å². The Kier molecular flexibility index (Phi) is 11.3. The van der Waals surface area contributed by atoms with E-state index in [0.29, 0.717) is 11.7 Å². The zero-order valence-corrected chi connectivity index (χ0v) is 12.6. The van der Waals surface area contributed by atoms with Gasteiger partial charge >= 0.3 is 0 Å². The number of hydrogen-bond acceptors (Lipinski definition) is 3. The van der Waals surface area contributed by atoms with Crippen molar-refractivity contribution in [2.45, 2.75) is 46.8 Å². The van der Waals surface area contributed by atoms with Crippen molar-refractivity contribution in [2.75, 3.05) is 13.2 Å². The molecule has 0 bridgehead atoms. The zero-order valence-electron chi connectivity index (χ0n) is 12.6. The average molecular weight is 268 g/mol. The fourth-order valence-electron chi connectivity index (χ4n) is 1.72. The highest BCUT2D eigenvalue weighted by atomic mass is 16.7. The summed E-state index contributed by atoms with van der Waals surface area (Å²) in [4.78, 5) is 0. The van der Waals surface area contributed by atoms with E-state index in [1.165, 1.54) is 12.8 Å². The van der Waals surface area contributed by atoms with E-state index in [4.69, 9.17) is 14.6 Å². The standard InChI is InChI=1S/C10H22O2.C6H6O/c1-5-8-9(4)10(11-6-2)12-7-3;7-6-4-2-1-3-5-6/h9-10H,5-8H2,1-4H3;1-5,7H. The molecule has 1 atom stereocenters. The zero-order chi connectivity index (χ0) is 14.5. The van der Waals surface area contributed by atoms with E-state index < -0.39 is 0 Å². The van der Waals surface area contributed by atoms with Crippen molar-refractivity contribution in [1.29, 1.82) is 0 Å². The number of ether oxygens (including phenoxy) is 2. The number of para-hydroxylation sites is 1. The van der Waals surface area contributed by atoms with Gasteiger partial charge in [0.2, 0.25) is 0 Å². The summed E-state index contributed by atoms with van der Waals surface area (Å²) in [6.07, 6.45) is 2.36. The summed E-state index contributed by atoms with van der Waals surface area (Å²) in [6, 6.07) is 8.71. The SMILES string of the molecule is CCCC(C)C(OCC)OCC.Oc1ccccc1. The third-order valence-electron chi connectivity index (χ3n) is 2.63. The van der Waals surface area contributed by atoms with Crippen LogP contribution >= 0.6 is 0 Å². The topological polar surface area (TPSA) is 38.7 Å². The molecule has 0 aliphatic rings. The summed E-state index contributed by atoms with van der Waals surface area (Å²) in [6.45, 7) is 9.84. The van der Waals surface area contributed by atoms with Gasteiger partial charge < -0.3 is 14.6 Å². The van der Waals surface area contributed by atoms with E-state index in [1.54, 1.807) is 24.3 Å². The number of benzene rings is 1. The molecule has 1 aromatic carbocycles. The molecule has 1 rings (SSSR count). The molecular formula is C16H28O3. The van der Waals surface area contributed by atoms with Crippen molar-refractivity contribution in [3.8, 4) is 5.75 Å². The van der Waals surface area contributed by atoms with Gasteiger partial charge in [-0.2, -0.15) is 0 Å². The van der Waals surface area contributed by atoms with Gasteiger partial charge in [-0.05, 0) is 32.4 Å². The first-order valence-corrected chi connectivity index (χ1v) is 7.12. The highest BCUT2D eigenvalue weighted by Gasteiger charge is 2.15. The first-order chi connectivity index (χ1) is 9.15. The van der Waals surface area contributed by atoms with Gasteiger partial charge in [0.25, 0.3) is 0 Å². The second kappa shape index (κ2) is 12.0. The molecule has 3 heteroatoms. The van der Waals surface area contributed by atoms with Crippen LogP contribution < -0.4 is 0 Å². The summed E-state index contributed by atoms with van der Waals surface area (Å²) >= 11 is 0. The smallest absolute Gasteiger partial charge is 0.160 e. The third-order valence-corrected chi connectivity index (χ3v) is 2.63. The van der Waals surface area contributed by atoms with Crippen LogP contribution in [0, 0.1) is 5.92 Å². The second-order valence-corrected chi connectivity index (χ2v) is 4.38. The molecule has 0 saturated carbocycles. The minimum Gasteiger partial charge on any atom is -0.508 e. The lowest BCUT2D eigenvalue weighted by Gasteiger charge is -2.22. The van der Waals surface area contributed by atoms with Crippen LogP contribution in [0.5, 0.6) is 5.75 Å². The molecule has 1 unspecified atom stereocenters. The summed E-state index contributed by atoms with van der Waals surface area (Å²) in [7, 11) is 0. The lowest BCUT2D eigenvalue weighted by atomic mass is 10.1. The molecule has 0 spiro atoms. The highest BCUT2D eigenvalue weighted by molar-refractivity contribution is 5.18. The molecule has 1 aromatic rings. The fourth-order valence-corrected chi connectivity index (χ4v) is 1.72. The van der Waals surface area contributed by atoms with Gasteiger partial charge in [0.15, 0.2) is 6.29 Å². The Labute approximate surface area is 117 Å². The molecule has 110 valence electrons. The number of phenols is 1. The van der Waals surface area contributed by atoms with Gasteiger partial charge in [-0.25, -0.2) is 0 Å². The van der Waals surface area contributed by atoms with Crippen LogP contribution in [0.25, 0.3) is 0 Å². The monoisotopic (exact) mass is 268 g/mol. The molecule has 0 heterocycles. The Hall–Kier alpha value is -1.06. The summed E-state index contributed by atoms with van der Waals surface area (Å²) in [5.74, 6) is 0.831. The van der Waals surface area contributed by atoms with Crippen molar-refractivity contribution in [3.63, 3.8) is 0 Å². The van der Waals surface area contributed by atoms with Crippen LogP contribution in [-0.4, -0.2) is 24.6 Å². The van der Waals surface area contributed by atoms with E-state index in [-0.39, 0.29) is 6.29 Å². The molecular weight excluding hydrogens is 240 g/mol. The molecule has 0 fully saturated rings. The first kappa shape index (κ1) is 17.9. The minimum absolute atomic E-state index is 0.0000463. The quantitative estimate of drug-likeness (QED) is 0.753. The predicted octanol–water partition coefficient (Wildman–Crippen LogP) is 4.21.